The van der Waals surface area contributed by atoms with Crippen molar-refractivity contribution in [3.8, 4) is 22.4 Å². The van der Waals surface area contributed by atoms with Gasteiger partial charge in [0.2, 0.25) is 0 Å². The number of H-pyrrole nitrogens is 1. The van der Waals surface area contributed by atoms with E-state index >= 15 is 0 Å². The van der Waals surface area contributed by atoms with Gasteiger partial charge < -0.3 is 0 Å². The van der Waals surface area contributed by atoms with E-state index in [2.05, 4.69) is 32.3 Å². The van der Waals surface area contributed by atoms with Crippen LogP contribution >= 0.6 is 0 Å². The Morgan fingerprint density at radius 3 is 2.64 bits per heavy atom. The number of pyridine rings is 2. The molecule has 0 spiro atoms. The smallest absolute Gasteiger partial charge is 0.0709 e. The molecule has 4 rings (SSSR count). The van der Waals surface area contributed by atoms with Gasteiger partial charge >= 0.3 is 0 Å². The maximum atomic E-state index is 4.46. The lowest BCUT2D eigenvalue weighted by Crippen LogP contribution is -1.88. The molecule has 1 N–H and O–H groups in total. The lowest BCUT2D eigenvalue weighted by atomic mass is 10.00. The SMILES string of the molecule is Cc1[nH]ncc1-c1ccc2nccc(-c3ccccn3)c2c1. The molecule has 3 aromatic heterocycles. The van der Waals surface area contributed by atoms with Gasteiger partial charge in [0.1, 0.15) is 0 Å². The summed E-state index contributed by atoms with van der Waals surface area (Å²) in [7, 11) is 0. The molecule has 106 valence electrons. The monoisotopic (exact) mass is 286 g/mol. The van der Waals surface area contributed by atoms with E-state index in [9.17, 15) is 0 Å². The molecule has 0 saturated carbocycles. The number of rotatable bonds is 2. The Bertz CT molecular complexity index is 942. The molecule has 22 heavy (non-hydrogen) atoms. The van der Waals surface area contributed by atoms with Crippen LogP contribution in [0.25, 0.3) is 33.3 Å². The van der Waals surface area contributed by atoms with Gasteiger partial charge in [0.15, 0.2) is 0 Å². The Morgan fingerprint density at radius 1 is 0.909 bits per heavy atom. The molecule has 4 heteroatoms. The third kappa shape index (κ3) is 2.05. The summed E-state index contributed by atoms with van der Waals surface area (Å²) in [6.07, 6.45) is 5.49. The van der Waals surface area contributed by atoms with Gasteiger partial charge in [-0.2, -0.15) is 5.10 Å². The number of hydrogen-bond acceptors (Lipinski definition) is 3. The minimum absolute atomic E-state index is 0.955. The molecule has 4 nitrogen and oxygen atoms in total. The van der Waals surface area contributed by atoms with E-state index in [-0.39, 0.29) is 0 Å². The number of fused-ring (bicyclic) bond motifs is 1. The fourth-order valence-corrected chi connectivity index (χ4v) is 2.70. The average Bonchev–Trinajstić information content (AvgIpc) is 3.01. The summed E-state index contributed by atoms with van der Waals surface area (Å²) in [5.74, 6) is 0. The topological polar surface area (TPSA) is 54.5 Å². The molecule has 1 aromatic carbocycles. The zero-order chi connectivity index (χ0) is 14.9. The fraction of sp³-hybridized carbons (Fsp3) is 0.0556. The van der Waals surface area contributed by atoms with Crippen LogP contribution in [-0.4, -0.2) is 20.2 Å². The quantitative estimate of drug-likeness (QED) is 0.606. The van der Waals surface area contributed by atoms with Crippen LogP contribution in [0.1, 0.15) is 5.69 Å². The van der Waals surface area contributed by atoms with Crippen LogP contribution < -0.4 is 0 Å². The molecule has 0 aliphatic carbocycles. The number of nitrogens with zero attached hydrogens (tertiary/aromatic N) is 3. The first-order valence-electron chi connectivity index (χ1n) is 7.13. The van der Waals surface area contributed by atoms with Crippen LogP contribution in [0.2, 0.25) is 0 Å². The molecule has 0 aliphatic heterocycles. The molecule has 0 fully saturated rings. The van der Waals surface area contributed by atoms with Crippen molar-refractivity contribution in [2.45, 2.75) is 6.92 Å². The summed E-state index contributed by atoms with van der Waals surface area (Å²) in [6, 6.07) is 14.2. The lowest BCUT2D eigenvalue weighted by Gasteiger charge is -2.07. The van der Waals surface area contributed by atoms with Crippen molar-refractivity contribution in [2.24, 2.45) is 0 Å². The Morgan fingerprint density at radius 2 is 1.86 bits per heavy atom. The summed E-state index contributed by atoms with van der Waals surface area (Å²) in [6.45, 7) is 2.02. The second kappa shape index (κ2) is 5.07. The fourth-order valence-electron chi connectivity index (χ4n) is 2.70. The highest BCUT2D eigenvalue weighted by Crippen LogP contribution is 2.30. The summed E-state index contributed by atoms with van der Waals surface area (Å²) >= 11 is 0. The molecule has 0 saturated heterocycles. The second-order valence-corrected chi connectivity index (χ2v) is 5.21. The van der Waals surface area contributed by atoms with E-state index in [4.69, 9.17) is 0 Å². The highest BCUT2D eigenvalue weighted by Gasteiger charge is 2.09. The molecule has 0 amide bonds. The third-order valence-corrected chi connectivity index (χ3v) is 3.82. The molecule has 0 aliphatic rings. The van der Waals surface area contributed by atoms with Crippen LogP contribution in [0.4, 0.5) is 0 Å². The number of aromatic amines is 1. The van der Waals surface area contributed by atoms with E-state index in [1.807, 2.05) is 55.8 Å². The van der Waals surface area contributed by atoms with E-state index in [1.54, 1.807) is 0 Å². The maximum absolute atomic E-state index is 4.46. The van der Waals surface area contributed by atoms with Gasteiger partial charge in [0, 0.05) is 34.6 Å². The van der Waals surface area contributed by atoms with Crippen LogP contribution in [0.3, 0.4) is 0 Å². The second-order valence-electron chi connectivity index (χ2n) is 5.21. The van der Waals surface area contributed by atoms with Gasteiger partial charge in [-0.3, -0.25) is 15.1 Å². The number of benzene rings is 1. The Balaban J connectivity index is 1.97. The minimum Gasteiger partial charge on any atom is -0.282 e. The molecule has 0 unspecified atom stereocenters. The van der Waals surface area contributed by atoms with Crippen LogP contribution in [-0.2, 0) is 0 Å². The van der Waals surface area contributed by atoms with Crippen LogP contribution in [0.5, 0.6) is 0 Å². The lowest BCUT2D eigenvalue weighted by molar-refractivity contribution is 1.05. The minimum atomic E-state index is 0.955. The first-order chi connectivity index (χ1) is 10.8. The largest absolute Gasteiger partial charge is 0.282 e. The van der Waals surface area contributed by atoms with Crippen molar-refractivity contribution in [3.63, 3.8) is 0 Å². The van der Waals surface area contributed by atoms with Crippen molar-refractivity contribution >= 4 is 10.9 Å². The number of aryl methyl sites for hydroxylation is 1. The van der Waals surface area contributed by atoms with Gasteiger partial charge in [-0.15, -0.1) is 0 Å². The van der Waals surface area contributed by atoms with Gasteiger partial charge in [-0.1, -0.05) is 12.1 Å². The van der Waals surface area contributed by atoms with Gasteiger partial charge in [0.25, 0.3) is 0 Å². The van der Waals surface area contributed by atoms with Crippen LogP contribution in [0, 0.1) is 6.92 Å². The highest BCUT2D eigenvalue weighted by atomic mass is 15.1. The van der Waals surface area contributed by atoms with Crippen molar-refractivity contribution in [1.29, 1.82) is 0 Å². The molecular formula is C18H14N4. The Kier molecular flexibility index (Phi) is 2.93. The van der Waals surface area contributed by atoms with Crippen molar-refractivity contribution in [1.82, 2.24) is 20.2 Å². The van der Waals surface area contributed by atoms with Gasteiger partial charge in [0.05, 0.1) is 17.4 Å². The molecule has 4 aromatic rings. The zero-order valence-electron chi connectivity index (χ0n) is 12.1. The third-order valence-electron chi connectivity index (χ3n) is 3.82. The molecular weight excluding hydrogens is 272 g/mol. The number of nitrogens with one attached hydrogen (secondary N) is 1. The molecule has 0 atom stereocenters. The van der Waals surface area contributed by atoms with E-state index in [0.29, 0.717) is 0 Å². The molecule has 0 bridgehead atoms. The predicted octanol–water partition coefficient (Wildman–Crippen LogP) is 4.00. The summed E-state index contributed by atoms with van der Waals surface area (Å²) in [4.78, 5) is 8.92. The Labute approximate surface area is 127 Å². The molecule has 0 radical (unpaired) electrons. The normalized spacial score (nSPS) is 11.0. The zero-order valence-corrected chi connectivity index (χ0v) is 12.1. The van der Waals surface area contributed by atoms with Crippen LogP contribution in [0.15, 0.2) is 61.1 Å². The van der Waals surface area contributed by atoms with Crippen molar-refractivity contribution < 1.29 is 0 Å². The molecule has 3 heterocycles. The van der Waals surface area contributed by atoms with E-state index in [1.165, 1.54) is 0 Å². The van der Waals surface area contributed by atoms with Gasteiger partial charge in [-0.05, 0) is 42.8 Å². The Hall–Kier alpha value is -3.01. The van der Waals surface area contributed by atoms with E-state index < -0.39 is 0 Å². The highest BCUT2D eigenvalue weighted by molar-refractivity contribution is 5.96. The number of hydrogen-bond donors (Lipinski definition) is 1. The van der Waals surface area contributed by atoms with Gasteiger partial charge in [-0.25, -0.2) is 0 Å². The van der Waals surface area contributed by atoms with Crippen molar-refractivity contribution in [2.75, 3.05) is 0 Å². The summed E-state index contributed by atoms with van der Waals surface area (Å²) in [5, 5.41) is 8.19. The summed E-state index contributed by atoms with van der Waals surface area (Å²) in [5.41, 5.74) is 6.31. The standard InChI is InChI=1S/C18H14N4/c1-12-16(11-21-22-12)13-5-6-18-15(10-13)14(7-9-20-18)17-4-2-3-8-19-17/h2-11H,1H3,(H,21,22). The van der Waals surface area contributed by atoms with E-state index in [0.717, 1.165) is 39.0 Å². The summed E-state index contributed by atoms with van der Waals surface area (Å²) < 4.78 is 0. The van der Waals surface area contributed by atoms with Crippen molar-refractivity contribution in [3.05, 3.63) is 66.7 Å². The predicted molar refractivity (Wildman–Crippen MR) is 87.3 cm³/mol. The number of aromatic nitrogens is 4. The maximum Gasteiger partial charge on any atom is 0.0709 e. The average molecular weight is 286 g/mol. The first-order valence-corrected chi connectivity index (χ1v) is 7.13. The first kappa shape index (κ1) is 12.7.